The maximum Gasteiger partial charge on any atom is 0.257 e. The highest BCUT2D eigenvalue weighted by Crippen LogP contribution is 2.27. The lowest BCUT2D eigenvalue weighted by molar-refractivity contribution is 0.102. The van der Waals surface area contributed by atoms with Crippen LogP contribution in [0.5, 0.6) is 11.5 Å². The monoisotopic (exact) mass is 391 g/mol. The molecule has 0 spiro atoms. The summed E-state index contributed by atoms with van der Waals surface area (Å²) in [6.45, 7) is 2.63. The Morgan fingerprint density at radius 1 is 1.00 bits per heavy atom. The Kier molecular flexibility index (Phi) is 6.68. The first-order valence-corrected chi connectivity index (χ1v) is 9.44. The molecular formula is C23H25N3O3. The van der Waals surface area contributed by atoms with E-state index in [4.69, 9.17) is 9.47 Å². The second-order valence-electron chi connectivity index (χ2n) is 6.44. The van der Waals surface area contributed by atoms with Gasteiger partial charge in [-0.3, -0.25) is 4.79 Å². The molecule has 2 aromatic carbocycles. The number of aryl methyl sites for hydroxylation is 1. The van der Waals surface area contributed by atoms with E-state index in [1.54, 1.807) is 32.5 Å². The maximum atomic E-state index is 12.5. The van der Waals surface area contributed by atoms with E-state index in [2.05, 4.69) is 22.5 Å². The van der Waals surface area contributed by atoms with Crippen molar-refractivity contribution in [2.45, 2.75) is 19.9 Å². The van der Waals surface area contributed by atoms with Crippen molar-refractivity contribution in [3.05, 3.63) is 77.5 Å². The number of anilines is 2. The molecule has 0 aliphatic heterocycles. The molecule has 0 bridgehead atoms. The first kappa shape index (κ1) is 20.2. The first-order chi connectivity index (χ1) is 14.1. The number of para-hydroxylation sites is 1. The Bertz CT molecular complexity index is 971. The minimum absolute atomic E-state index is 0.176. The molecule has 2 N–H and O–H groups in total. The standard InChI is InChI=1S/C23H25N3O3/c1-4-17-7-5-6-8-19(17)26-23(27)18-10-12-22(25-15-18)24-14-16-9-11-20(28-2)21(13-16)29-3/h5-13,15H,4,14H2,1-3H3,(H,24,25)(H,26,27). The Morgan fingerprint density at radius 2 is 1.79 bits per heavy atom. The molecule has 3 rings (SSSR count). The third kappa shape index (κ3) is 5.04. The molecule has 0 aliphatic rings. The molecule has 150 valence electrons. The van der Waals surface area contributed by atoms with Gasteiger partial charge < -0.3 is 20.1 Å². The van der Waals surface area contributed by atoms with Gasteiger partial charge in [-0.15, -0.1) is 0 Å². The molecule has 1 aromatic heterocycles. The smallest absolute Gasteiger partial charge is 0.257 e. The number of hydrogen-bond donors (Lipinski definition) is 2. The molecule has 0 atom stereocenters. The van der Waals surface area contributed by atoms with Crippen molar-refractivity contribution in [3.8, 4) is 11.5 Å². The molecule has 6 nitrogen and oxygen atoms in total. The quantitative estimate of drug-likeness (QED) is 0.590. The van der Waals surface area contributed by atoms with Gasteiger partial charge in [0.15, 0.2) is 11.5 Å². The van der Waals surface area contributed by atoms with Gasteiger partial charge in [0.05, 0.1) is 19.8 Å². The predicted octanol–water partition coefficient (Wildman–Crippen LogP) is 4.53. The highest BCUT2D eigenvalue weighted by Gasteiger charge is 2.09. The third-order valence-electron chi connectivity index (χ3n) is 4.59. The van der Waals surface area contributed by atoms with Gasteiger partial charge in [-0.05, 0) is 47.9 Å². The molecule has 0 saturated heterocycles. The maximum absolute atomic E-state index is 12.5. The number of ether oxygens (including phenoxy) is 2. The number of carbonyl (C=O) groups is 1. The summed E-state index contributed by atoms with van der Waals surface area (Å²) < 4.78 is 10.6. The minimum atomic E-state index is -0.176. The van der Waals surface area contributed by atoms with Gasteiger partial charge in [0, 0.05) is 18.4 Å². The van der Waals surface area contributed by atoms with E-state index >= 15 is 0 Å². The molecule has 29 heavy (non-hydrogen) atoms. The summed E-state index contributed by atoms with van der Waals surface area (Å²) in [6, 6.07) is 17.1. The number of nitrogens with one attached hydrogen (secondary N) is 2. The highest BCUT2D eigenvalue weighted by atomic mass is 16.5. The van der Waals surface area contributed by atoms with E-state index in [-0.39, 0.29) is 5.91 Å². The Morgan fingerprint density at radius 3 is 2.48 bits per heavy atom. The van der Waals surface area contributed by atoms with Crippen LogP contribution in [0.3, 0.4) is 0 Å². The van der Waals surface area contributed by atoms with Crippen LogP contribution in [0.4, 0.5) is 11.5 Å². The van der Waals surface area contributed by atoms with Crippen molar-refractivity contribution in [1.29, 1.82) is 0 Å². The number of pyridine rings is 1. The minimum Gasteiger partial charge on any atom is -0.493 e. The molecule has 1 amide bonds. The first-order valence-electron chi connectivity index (χ1n) is 9.44. The molecule has 0 fully saturated rings. The van der Waals surface area contributed by atoms with E-state index in [0.29, 0.717) is 29.4 Å². The van der Waals surface area contributed by atoms with Gasteiger partial charge in [-0.2, -0.15) is 0 Å². The van der Waals surface area contributed by atoms with Gasteiger partial charge in [0.25, 0.3) is 5.91 Å². The van der Waals surface area contributed by atoms with Gasteiger partial charge in [0.1, 0.15) is 5.82 Å². The molecule has 6 heteroatoms. The molecule has 0 aliphatic carbocycles. The van der Waals surface area contributed by atoms with Crippen molar-refractivity contribution in [1.82, 2.24) is 4.98 Å². The van der Waals surface area contributed by atoms with Gasteiger partial charge in [-0.1, -0.05) is 31.2 Å². The van der Waals surface area contributed by atoms with E-state index in [1.165, 1.54) is 0 Å². The van der Waals surface area contributed by atoms with Crippen LogP contribution in [-0.4, -0.2) is 25.1 Å². The highest BCUT2D eigenvalue weighted by molar-refractivity contribution is 6.04. The number of rotatable bonds is 8. The Labute approximate surface area is 170 Å². The fraction of sp³-hybridized carbons (Fsp3) is 0.217. The van der Waals surface area contributed by atoms with Gasteiger partial charge in [0.2, 0.25) is 0 Å². The number of benzene rings is 2. The summed E-state index contributed by atoms with van der Waals surface area (Å²) >= 11 is 0. The topological polar surface area (TPSA) is 72.5 Å². The van der Waals surface area contributed by atoms with Gasteiger partial charge >= 0.3 is 0 Å². The second kappa shape index (κ2) is 9.59. The normalized spacial score (nSPS) is 10.3. The second-order valence-corrected chi connectivity index (χ2v) is 6.44. The summed E-state index contributed by atoms with van der Waals surface area (Å²) in [5.41, 5.74) is 3.47. The number of methoxy groups -OCH3 is 2. The molecule has 3 aromatic rings. The zero-order valence-electron chi connectivity index (χ0n) is 16.9. The van der Waals surface area contributed by atoms with Crippen LogP contribution < -0.4 is 20.1 Å². The SMILES string of the molecule is CCc1ccccc1NC(=O)c1ccc(NCc2ccc(OC)c(OC)c2)nc1. The van der Waals surface area contributed by atoms with E-state index in [1.807, 2.05) is 42.5 Å². The average molecular weight is 391 g/mol. The average Bonchev–Trinajstić information content (AvgIpc) is 2.78. The predicted molar refractivity (Wildman–Crippen MR) is 115 cm³/mol. The summed E-state index contributed by atoms with van der Waals surface area (Å²) in [4.78, 5) is 16.9. The van der Waals surface area contributed by atoms with Crippen LogP contribution in [0.15, 0.2) is 60.8 Å². The van der Waals surface area contributed by atoms with E-state index in [0.717, 1.165) is 23.2 Å². The number of amides is 1. The van der Waals surface area contributed by atoms with Crippen molar-refractivity contribution in [2.75, 3.05) is 24.9 Å². The fourth-order valence-electron chi connectivity index (χ4n) is 2.96. The Balaban J connectivity index is 1.62. The molecular weight excluding hydrogens is 366 g/mol. The zero-order valence-corrected chi connectivity index (χ0v) is 16.9. The van der Waals surface area contributed by atoms with Crippen LogP contribution in [0, 0.1) is 0 Å². The van der Waals surface area contributed by atoms with Crippen LogP contribution >= 0.6 is 0 Å². The molecule has 0 unspecified atom stereocenters. The van der Waals surface area contributed by atoms with Crippen molar-refractivity contribution < 1.29 is 14.3 Å². The van der Waals surface area contributed by atoms with Crippen molar-refractivity contribution >= 4 is 17.4 Å². The lowest BCUT2D eigenvalue weighted by Crippen LogP contribution is -2.13. The molecule has 0 radical (unpaired) electrons. The summed E-state index contributed by atoms with van der Waals surface area (Å²) in [5.74, 6) is 1.88. The summed E-state index contributed by atoms with van der Waals surface area (Å²) in [7, 11) is 3.22. The largest absolute Gasteiger partial charge is 0.493 e. The van der Waals surface area contributed by atoms with Crippen molar-refractivity contribution in [2.24, 2.45) is 0 Å². The fourth-order valence-corrected chi connectivity index (χ4v) is 2.96. The number of aromatic nitrogens is 1. The summed E-state index contributed by atoms with van der Waals surface area (Å²) in [5, 5.41) is 6.20. The van der Waals surface area contributed by atoms with Crippen LogP contribution in [-0.2, 0) is 13.0 Å². The van der Waals surface area contributed by atoms with E-state index in [9.17, 15) is 4.79 Å². The number of nitrogens with zero attached hydrogens (tertiary/aromatic N) is 1. The van der Waals surface area contributed by atoms with Crippen LogP contribution in [0.25, 0.3) is 0 Å². The summed E-state index contributed by atoms with van der Waals surface area (Å²) in [6.07, 6.45) is 2.43. The third-order valence-corrected chi connectivity index (χ3v) is 4.59. The lowest BCUT2D eigenvalue weighted by atomic mass is 10.1. The zero-order chi connectivity index (χ0) is 20.6. The number of hydrogen-bond acceptors (Lipinski definition) is 5. The molecule has 0 saturated carbocycles. The Hall–Kier alpha value is -3.54. The van der Waals surface area contributed by atoms with Crippen LogP contribution in [0.2, 0.25) is 0 Å². The van der Waals surface area contributed by atoms with E-state index < -0.39 is 0 Å². The number of carbonyl (C=O) groups excluding carboxylic acids is 1. The molecule has 1 heterocycles. The van der Waals surface area contributed by atoms with Gasteiger partial charge in [-0.25, -0.2) is 4.98 Å². The van der Waals surface area contributed by atoms with Crippen molar-refractivity contribution in [3.63, 3.8) is 0 Å². The van der Waals surface area contributed by atoms with Crippen LogP contribution in [0.1, 0.15) is 28.4 Å². The lowest BCUT2D eigenvalue weighted by Gasteiger charge is -2.11.